The molecule has 1 saturated heterocycles. The number of hydrogen-bond donors (Lipinski definition) is 1. The molecule has 1 heterocycles. The lowest BCUT2D eigenvalue weighted by Gasteiger charge is -2.49. The number of aliphatic hydroxyl groups excluding tert-OH is 1. The molecule has 82 valence electrons. The monoisotopic (exact) mass is 197 g/mol. The Balaban J connectivity index is 2.08. The van der Waals surface area contributed by atoms with Crippen LogP contribution in [0.25, 0.3) is 0 Å². The van der Waals surface area contributed by atoms with Crippen LogP contribution in [-0.2, 0) is 0 Å². The highest BCUT2D eigenvalue weighted by molar-refractivity contribution is 4.96. The van der Waals surface area contributed by atoms with E-state index in [1.54, 1.807) is 0 Å². The van der Waals surface area contributed by atoms with E-state index in [0.717, 1.165) is 12.5 Å². The van der Waals surface area contributed by atoms with Crippen molar-refractivity contribution in [1.29, 1.82) is 0 Å². The highest BCUT2D eigenvalue weighted by atomic mass is 16.3. The molecule has 1 aliphatic heterocycles. The van der Waals surface area contributed by atoms with Crippen molar-refractivity contribution in [1.82, 2.24) is 4.90 Å². The summed E-state index contributed by atoms with van der Waals surface area (Å²) in [6, 6.07) is 0.750. The molecule has 1 saturated carbocycles. The van der Waals surface area contributed by atoms with Crippen molar-refractivity contribution >= 4 is 0 Å². The smallest absolute Gasteiger partial charge is 0.0719 e. The zero-order valence-corrected chi connectivity index (χ0v) is 9.50. The van der Waals surface area contributed by atoms with Gasteiger partial charge in [0.05, 0.1) is 6.10 Å². The van der Waals surface area contributed by atoms with Crippen LogP contribution in [-0.4, -0.2) is 34.2 Å². The molecule has 0 aromatic carbocycles. The van der Waals surface area contributed by atoms with E-state index < -0.39 is 0 Å². The Morgan fingerprint density at radius 2 is 1.71 bits per heavy atom. The van der Waals surface area contributed by atoms with Crippen molar-refractivity contribution < 1.29 is 5.11 Å². The Morgan fingerprint density at radius 1 is 1.07 bits per heavy atom. The summed E-state index contributed by atoms with van der Waals surface area (Å²) < 4.78 is 0. The first-order chi connectivity index (χ1) is 6.62. The van der Waals surface area contributed by atoms with Gasteiger partial charge < -0.3 is 5.11 Å². The molecule has 0 bridgehead atoms. The molecule has 1 aliphatic carbocycles. The molecule has 0 radical (unpaired) electrons. The van der Waals surface area contributed by atoms with Crippen LogP contribution in [0.5, 0.6) is 0 Å². The molecule has 0 aromatic heterocycles. The minimum absolute atomic E-state index is 0.00720. The van der Waals surface area contributed by atoms with Crippen LogP contribution >= 0.6 is 0 Å². The van der Waals surface area contributed by atoms with Crippen molar-refractivity contribution in [3.63, 3.8) is 0 Å². The zero-order chi connectivity index (χ0) is 10.2. The predicted molar refractivity (Wildman–Crippen MR) is 58.3 cm³/mol. The second-order valence-corrected chi connectivity index (χ2v) is 5.44. The van der Waals surface area contributed by atoms with Gasteiger partial charge in [0.15, 0.2) is 0 Å². The highest BCUT2D eigenvalue weighted by Gasteiger charge is 2.41. The Morgan fingerprint density at radius 3 is 2.36 bits per heavy atom. The van der Waals surface area contributed by atoms with Gasteiger partial charge in [-0.05, 0) is 46.1 Å². The lowest BCUT2D eigenvalue weighted by molar-refractivity contribution is -0.0640. The molecule has 1 N–H and O–H groups in total. The minimum Gasteiger partial charge on any atom is -0.391 e. The molecular weight excluding hydrogens is 174 g/mol. The Kier molecular flexibility index (Phi) is 2.85. The standard InChI is InChI=1S/C12H23NO/c1-12(2)11(14)8-5-9-13(12)10-6-3-4-7-10/h10-11,14H,3-9H2,1-2H3. The second-order valence-electron chi connectivity index (χ2n) is 5.44. The number of likely N-dealkylation sites (tertiary alicyclic amines) is 1. The van der Waals surface area contributed by atoms with Gasteiger partial charge in [-0.1, -0.05) is 12.8 Å². The quantitative estimate of drug-likeness (QED) is 0.696. The van der Waals surface area contributed by atoms with E-state index in [0.29, 0.717) is 0 Å². The fraction of sp³-hybridized carbons (Fsp3) is 1.00. The van der Waals surface area contributed by atoms with Gasteiger partial charge in [0, 0.05) is 11.6 Å². The first-order valence-corrected chi connectivity index (χ1v) is 6.07. The molecule has 0 aromatic rings. The molecule has 2 nitrogen and oxygen atoms in total. The maximum atomic E-state index is 10.0. The van der Waals surface area contributed by atoms with E-state index in [9.17, 15) is 5.11 Å². The Labute approximate surface area is 87.3 Å². The van der Waals surface area contributed by atoms with Crippen molar-refractivity contribution in [2.24, 2.45) is 0 Å². The van der Waals surface area contributed by atoms with Gasteiger partial charge in [0.2, 0.25) is 0 Å². The van der Waals surface area contributed by atoms with Crippen LogP contribution in [0.3, 0.4) is 0 Å². The fourth-order valence-electron chi connectivity index (χ4n) is 3.16. The van der Waals surface area contributed by atoms with E-state index in [1.807, 2.05) is 0 Å². The number of hydrogen-bond acceptors (Lipinski definition) is 2. The Bertz CT molecular complexity index is 196. The molecule has 0 amide bonds. The van der Waals surface area contributed by atoms with Gasteiger partial charge in [0.25, 0.3) is 0 Å². The van der Waals surface area contributed by atoms with Crippen molar-refractivity contribution in [2.45, 2.75) is 70.1 Å². The first-order valence-electron chi connectivity index (χ1n) is 6.07. The molecule has 1 unspecified atom stereocenters. The topological polar surface area (TPSA) is 23.5 Å². The third kappa shape index (κ3) is 1.70. The number of aliphatic hydroxyl groups is 1. The largest absolute Gasteiger partial charge is 0.391 e. The van der Waals surface area contributed by atoms with Crippen LogP contribution in [0.2, 0.25) is 0 Å². The Hall–Kier alpha value is -0.0800. The molecule has 1 atom stereocenters. The third-order valence-electron chi connectivity index (χ3n) is 4.20. The predicted octanol–water partition coefficient (Wildman–Crippen LogP) is 2.16. The zero-order valence-electron chi connectivity index (χ0n) is 9.50. The molecule has 2 rings (SSSR count). The van der Waals surface area contributed by atoms with Crippen LogP contribution < -0.4 is 0 Å². The van der Waals surface area contributed by atoms with E-state index in [-0.39, 0.29) is 11.6 Å². The maximum Gasteiger partial charge on any atom is 0.0719 e. The van der Waals surface area contributed by atoms with Crippen molar-refractivity contribution in [3.05, 3.63) is 0 Å². The maximum absolute atomic E-state index is 10.0. The lowest BCUT2D eigenvalue weighted by Crippen LogP contribution is -2.59. The van der Waals surface area contributed by atoms with Crippen molar-refractivity contribution in [2.75, 3.05) is 6.54 Å². The summed E-state index contributed by atoms with van der Waals surface area (Å²) in [5, 5.41) is 10.0. The van der Waals surface area contributed by atoms with Crippen LogP contribution in [0.1, 0.15) is 52.4 Å². The van der Waals surface area contributed by atoms with Crippen LogP contribution in [0.15, 0.2) is 0 Å². The highest BCUT2D eigenvalue weighted by Crippen LogP contribution is 2.35. The summed E-state index contributed by atoms with van der Waals surface area (Å²) >= 11 is 0. The average Bonchev–Trinajstić information content (AvgIpc) is 2.62. The fourth-order valence-corrected chi connectivity index (χ4v) is 3.16. The van der Waals surface area contributed by atoms with Gasteiger partial charge in [-0.25, -0.2) is 0 Å². The normalized spacial score (nSPS) is 34.9. The van der Waals surface area contributed by atoms with Gasteiger partial charge in [-0.2, -0.15) is 0 Å². The molecule has 2 fully saturated rings. The van der Waals surface area contributed by atoms with Crippen LogP contribution in [0.4, 0.5) is 0 Å². The number of nitrogens with zero attached hydrogens (tertiary/aromatic N) is 1. The lowest BCUT2D eigenvalue weighted by atomic mass is 9.85. The van der Waals surface area contributed by atoms with E-state index in [1.165, 1.54) is 38.6 Å². The average molecular weight is 197 g/mol. The number of rotatable bonds is 1. The van der Waals surface area contributed by atoms with Gasteiger partial charge in [-0.15, -0.1) is 0 Å². The minimum atomic E-state index is -0.128. The van der Waals surface area contributed by atoms with Gasteiger partial charge >= 0.3 is 0 Å². The molecular formula is C12H23NO. The summed E-state index contributed by atoms with van der Waals surface area (Å²) in [5.74, 6) is 0. The summed E-state index contributed by atoms with van der Waals surface area (Å²) in [5.41, 5.74) is 0.00720. The van der Waals surface area contributed by atoms with E-state index in [2.05, 4.69) is 18.7 Å². The molecule has 2 heteroatoms. The molecule has 0 spiro atoms. The van der Waals surface area contributed by atoms with E-state index in [4.69, 9.17) is 0 Å². The molecule has 2 aliphatic rings. The second kappa shape index (κ2) is 3.82. The summed E-state index contributed by atoms with van der Waals surface area (Å²) in [6.45, 7) is 5.60. The number of piperidine rings is 1. The third-order valence-corrected chi connectivity index (χ3v) is 4.20. The van der Waals surface area contributed by atoms with E-state index >= 15 is 0 Å². The van der Waals surface area contributed by atoms with Crippen molar-refractivity contribution in [3.8, 4) is 0 Å². The molecule has 14 heavy (non-hydrogen) atoms. The SMILES string of the molecule is CC1(C)C(O)CCCN1C1CCCC1. The van der Waals surface area contributed by atoms with Gasteiger partial charge in [-0.3, -0.25) is 4.90 Å². The summed E-state index contributed by atoms with van der Waals surface area (Å²) in [4.78, 5) is 2.56. The van der Waals surface area contributed by atoms with Crippen LogP contribution in [0, 0.1) is 0 Å². The van der Waals surface area contributed by atoms with Gasteiger partial charge in [0.1, 0.15) is 0 Å². The summed E-state index contributed by atoms with van der Waals surface area (Å²) in [7, 11) is 0. The summed E-state index contributed by atoms with van der Waals surface area (Å²) in [6.07, 6.45) is 7.47. The first kappa shape index (κ1) is 10.4.